The van der Waals surface area contributed by atoms with Gasteiger partial charge in [-0.3, -0.25) is 81.7 Å². The normalized spacial score (nSPS) is 14.2. The highest BCUT2D eigenvalue weighted by Crippen LogP contribution is 2.11. The van der Waals surface area contributed by atoms with Crippen LogP contribution in [0.2, 0.25) is 0 Å². The van der Waals surface area contributed by atoms with Crippen LogP contribution in [0.5, 0.6) is 0 Å². The molecule has 92 heavy (non-hydrogen) atoms. The molecule has 0 aromatic carbocycles. The first-order valence-corrected chi connectivity index (χ1v) is 29.2. The molecule has 0 aromatic rings. The minimum atomic E-state index is -2.01. The maximum absolute atomic E-state index is 13.8. The fourth-order valence-corrected chi connectivity index (χ4v) is 7.99. The molecule has 0 aromatic heterocycles. The molecule has 0 spiro atoms. The van der Waals surface area contributed by atoms with E-state index in [0.717, 1.165) is 0 Å². The number of guanidine groups is 1. The average Bonchev–Trinajstić information content (AvgIpc) is 0.996. The number of carbonyl (C=O) groups is 17. The Hall–Kier alpha value is -9.78. The van der Waals surface area contributed by atoms with Crippen molar-refractivity contribution < 1.29 is 102 Å². The van der Waals surface area contributed by atoms with Crippen LogP contribution in [0.1, 0.15) is 120 Å². The molecule has 518 valence electrons. The molecule has 0 saturated carbocycles. The quantitative estimate of drug-likeness (QED) is 0.0153. The number of carboxylic acids is 4. The molecule has 0 rings (SSSR count). The lowest BCUT2D eigenvalue weighted by molar-refractivity contribution is -0.142. The summed E-state index contributed by atoms with van der Waals surface area (Å²) in [5.74, 6) is -21.8. The van der Waals surface area contributed by atoms with Gasteiger partial charge in [-0.2, -0.15) is 0 Å². The van der Waals surface area contributed by atoms with Crippen LogP contribution < -0.4 is 86.7 Å². The molecule has 0 bridgehead atoms. The van der Waals surface area contributed by atoms with Crippen LogP contribution in [-0.4, -0.2) is 214 Å². The summed E-state index contributed by atoms with van der Waals surface area (Å²) in [6.45, 7) is 11.3. The van der Waals surface area contributed by atoms with Crippen LogP contribution in [0.15, 0.2) is 4.99 Å². The lowest BCUT2D eigenvalue weighted by Gasteiger charge is -2.28. The van der Waals surface area contributed by atoms with Gasteiger partial charge in [-0.05, 0) is 62.7 Å². The molecule has 0 saturated heterocycles. The zero-order valence-corrected chi connectivity index (χ0v) is 52.8. The zero-order chi connectivity index (χ0) is 70.9. The number of rotatable bonds is 44. The Bertz CT molecular complexity index is 2690. The van der Waals surface area contributed by atoms with Gasteiger partial charge in [0.2, 0.25) is 76.8 Å². The molecule has 0 aliphatic rings. The number of nitrogens with zero attached hydrogens (tertiary/aromatic N) is 1. The van der Waals surface area contributed by atoms with E-state index in [4.69, 9.17) is 22.9 Å². The molecule has 24 N–H and O–H groups in total. The number of nitrogens with one attached hydrogen (secondary N) is 12. The Morgan fingerprint density at radius 1 is 0.391 bits per heavy atom. The summed E-state index contributed by atoms with van der Waals surface area (Å²) in [4.78, 5) is 221. The van der Waals surface area contributed by atoms with Gasteiger partial charge >= 0.3 is 23.9 Å². The maximum atomic E-state index is 13.8. The minimum Gasteiger partial charge on any atom is -0.481 e. The Morgan fingerprint density at radius 3 is 1.29 bits per heavy atom. The van der Waals surface area contributed by atoms with E-state index in [9.17, 15) is 102 Å². The van der Waals surface area contributed by atoms with Crippen molar-refractivity contribution >= 4 is 107 Å². The third kappa shape index (κ3) is 33.7. The van der Waals surface area contributed by atoms with E-state index in [0.29, 0.717) is 0 Å². The topological polar surface area (TPSA) is 632 Å². The largest absolute Gasteiger partial charge is 0.481 e. The molecular weight excluding hydrogens is 1220 g/mol. The lowest BCUT2D eigenvalue weighted by Crippen LogP contribution is -2.61. The Balaban J connectivity index is 6.04. The third-order valence-corrected chi connectivity index (χ3v) is 13.1. The highest BCUT2D eigenvalue weighted by Gasteiger charge is 2.37. The summed E-state index contributed by atoms with van der Waals surface area (Å²) in [6, 6.07) is -15.4. The molecule has 0 aliphatic heterocycles. The number of hydrogen-bond donors (Lipinski definition) is 20. The predicted octanol–water partition coefficient (Wildman–Crippen LogP) is -7.72. The van der Waals surface area contributed by atoms with E-state index < -0.39 is 237 Å². The van der Waals surface area contributed by atoms with Crippen LogP contribution >= 0.6 is 0 Å². The van der Waals surface area contributed by atoms with Gasteiger partial charge in [0.05, 0.1) is 38.5 Å². The Labute approximate surface area is 529 Å². The number of hydrogen-bond acceptors (Lipinski definition) is 19. The van der Waals surface area contributed by atoms with E-state index in [1.165, 1.54) is 34.6 Å². The Kier molecular flexibility index (Phi) is 37.1. The van der Waals surface area contributed by atoms with E-state index in [1.807, 2.05) is 0 Å². The number of carboxylic acid groups (broad SMARTS) is 4. The first-order valence-electron chi connectivity index (χ1n) is 29.2. The molecule has 0 heterocycles. The van der Waals surface area contributed by atoms with Gasteiger partial charge in [0, 0.05) is 19.4 Å². The second-order valence-electron chi connectivity index (χ2n) is 22.7. The minimum absolute atomic E-state index is 0.0198. The standard InChI is InChI=1S/C54H91N17O21/c1-23(2)17-31(45(83)61-22-37(75)65-30(53(91)92)11-10-16-59-54(57)58)67-44(82)27(9)63-46(84)28(12-14-38(76)77)64-36(74)21-60-35(73)20-62-51(89)42(25(5)6)70-47(85)29(13-15-39(78)79)66-48(86)33(19-40(80)81)69-52(90)43(26(7)8)71-49(87)32(18-34(55)72)68-50(88)41(56)24(3)4/h23-33,41-43H,10-22,56H2,1-9H3,(H2,55,72)(H,60,73)(H,61,83)(H,62,89)(H,63,84)(H,64,74)(H,65,75)(H,66,86)(H,67,82)(H,68,88)(H,69,90)(H,70,85)(H,71,87)(H,76,77)(H,78,79)(H,80,81)(H,91,92)(H4,57,58,59)/t27-,28-,29-,30-,31-,32-,33-,41-,42-,43-/m0/s1. The van der Waals surface area contributed by atoms with Crippen LogP contribution in [0.3, 0.4) is 0 Å². The van der Waals surface area contributed by atoms with Crippen LogP contribution in [0, 0.1) is 23.7 Å². The predicted molar refractivity (Wildman–Crippen MR) is 321 cm³/mol. The van der Waals surface area contributed by atoms with Crippen molar-refractivity contribution in [2.45, 2.75) is 181 Å². The summed E-state index contributed by atoms with van der Waals surface area (Å²) in [5.41, 5.74) is 21.7. The summed E-state index contributed by atoms with van der Waals surface area (Å²) < 4.78 is 0. The van der Waals surface area contributed by atoms with Crippen molar-refractivity contribution in [2.24, 2.45) is 51.6 Å². The number of amides is 13. The fraction of sp³-hybridized carbons (Fsp3) is 0.667. The maximum Gasteiger partial charge on any atom is 0.326 e. The van der Waals surface area contributed by atoms with Crippen molar-refractivity contribution in [3.63, 3.8) is 0 Å². The first kappa shape index (κ1) is 82.2. The highest BCUT2D eigenvalue weighted by atomic mass is 16.4. The first-order chi connectivity index (χ1) is 42.7. The smallest absolute Gasteiger partial charge is 0.326 e. The van der Waals surface area contributed by atoms with Crippen molar-refractivity contribution in [1.29, 1.82) is 0 Å². The van der Waals surface area contributed by atoms with Crippen LogP contribution in [-0.2, 0) is 81.5 Å². The molecule has 0 aliphatic carbocycles. The summed E-state index contributed by atoms with van der Waals surface area (Å²) in [7, 11) is 0. The van der Waals surface area contributed by atoms with Gasteiger partial charge in [-0.15, -0.1) is 0 Å². The molecule has 38 nitrogen and oxygen atoms in total. The molecule has 0 fully saturated rings. The number of aliphatic carboxylic acids is 4. The Morgan fingerprint density at radius 2 is 0.815 bits per heavy atom. The monoisotopic (exact) mass is 1310 g/mol. The number of primary amides is 1. The van der Waals surface area contributed by atoms with E-state index in [-0.39, 0.29) is 37.7 Å². The van der Waals surface area contributed by atoms with Crippen molar-refractivity contribution in [3.05, 3.63) is 0 Å². The van der Waals surface area contributed by atoms with E-state index >= 15 is 0 Å². The van der Waals surface area contributed by atoms with Gasteiger partial charge in [0.15, 0.2) is 5.96 Å². The third-order valence-electron chi connectivity index (χ3n) is 13.1. The van der Waals surface area contributed by atoms with Crippen molar-refractivity contribution in [1.82, 2.24) is 63.8 Å². The molecular formula is C54H91N17O21. The van der Waals surface area contributed by atoms with Crippen molar-refractivity contribution in [3.8, 4) is 0 Å². The van der Waals surface area contributed by atoms with Gasteiger partial charge in [0.1, 0.15) is 54.4 Å². The molecule has 13 amide bonds. The van der Waals surface area contributed by atoms with Gasteiger partial charge in [-0.25, -0.2) is 4.79 Å². The molecule has 38 heteroatoms. The zero-order valence-electron chi connectivity index (χ0n) is 52.8. The second kappa shape index (κ2) is 41.5. The van der Waals surface area contributed by atoms with E-state index in [1.54, 1.807) is 27.7 Å². The van der Waals surface area contributed by atoms with Gasteiger partial charge in [0.25, 0.3) is 0 Å². The summed E-state index contributed by atoms with van der Waals surface area (Å²) in [5, 5.41) is 65.3. The summed E-state index contributed by atoms with van der Waals surface area (Å²) >= 11 is 0. The van der Waals surface area contributed by atoms with Crippen LogP contribution in [0.4, 0.5) is 0 Å². The highest BCUT2D eigenvalue weighted by molar-refractivity contribution is 6.00. The molecule has 0 unspecified atom stereocenters. The number of nitrogens with two attached hydrogens (primary N) is 4. The second-order valence-corrected chi connectivity index (χ2v) is 22.7. The van der Waals surface area contributed by atoms with Crippen molar-refractivity contribution in [2.75, 3.05) is 26.2 Å². The lowest BCUT2D eigenvalue weighted by atomic mass is 10.0. The average molecular weight is 1310 g/mol. The number of carbonyl (C=O) groups excluding carboxylic acids is 13. The summed E-state index contributed by atoms with van der Waals surface area (Å²) in [6.07, 6.45) is -4.37. The number of aliphatic imine (C=N–C) groups is 1. The molecule has 10 atom stereocenters. The van der Waals surface area contributed by atoms with Gasteiger partial charge < -0.3 is 107 Å². The fourth-order valence-electron chi connectivity index (χ4n) is 7.99. The molecule has 0 radical (unpaired) electrons. The van der Waals surface area contributed by atoms with Crippen LogP contribution in [0.25, 0.3) is 0 Å². The van der Waals surface area contributed by atoms with Gasteiger partial charge in [-0.1, -0.05) is 55.4 Å². The SMILES string of the molecule is CC(C)C[C@H](NC(=O)[C@H](C)NC(=O)[C@H](CCC(=O)O)NC(=O)CNC(=O)CNC(=O)[C@@H](NC(=O)[C@H](CCC(=O)O)NC(=O)[C@H](CC(=O)O)NC(=O)[C@@H](NC(=O)[C@H](CC(N)=O)NC(=O)[C@@H](N)C(C)C)C(C)C)C(C)C)C(=O)NCC(=O)N[C@@H](CCCN=C(N)N)C(=O)O. The van der Waals surface area contributed by atoms with E-state index in [2.05, 4.69) is 68.8 Å².